The maximum absolute atomic E-state index is 12.2. The number of aliphatic hydroxyl groups is 1. The van der Waals surface area contributed by atoms with Gasteiger partial charge in [-0.05, 0) is 13.3 Å². The van der Waals surface area contributed by atoms with Gasteiger partial charge < -0.3 is 15.7 Å². The summed E-state index contributed by atoms with van der Waals surface area (Å²) < 4.78 is 24.5. The monoisotopic (exact) mass is 305 g/mol. The lowest BCUT2D eigenvalue weighted by atomic mass is 10.3. The summed E-state index contributed by atoms with van der Waals surface area (Å²) in [6, 6.07) is 0. The molecule has 0 aromatic carbocycles. The summed E-state index contributed by atoms with van der Waals surface area (Å²) >= 11 is 0. The van der Waals surface area contributed by atoms with Crippen LogP contribution in [0.25, 0.3) is 0 Å². The zero-order valence-corrected chi connectivity index (χ0v) is 11.6. The van der Waals surface area contributed by atoms with Crippen molar-refractivity contribution in [3.63, 3.8) is 0 Å². The van der Waals surface area contributed by atoms with Crippen LogP contribution in [-0.4, -0.2) is 45.6 Å². The Labute approximate surface area is 119 Å². The van der Waals surface area contributed by atoms with E-state index in [0.717, 1.165) is 6.42 Å². The molecule has 10 heteroatoms. The highest BCUT2D eigenvalue weighted by molar-refractivity contribution is 5.60. The van der Waals surface area contributed by atoms with E-state index < -0.39 is 29.7 Å². The molecule has 0 amide bonds. The average Bonchev–Trinajstić information content (AvgIpc) is 2.41. The van der Waals surface area contributed by atoms with Gasteiger partial charge >= 0.3 is 5.69 Å². The molecule has 0 saturated carbocycles. The molecule has 0 aliphatic heterocycles. The number of aliphatic hydroxyl groups excluding tert-OH is 1. The predicted molar refractivity (Wildman–Crippen MR) is 72.7 cm³/mol. The fraction of sp³-hybridized carbons (Fsp3) is 0.636. The van der Waals surface area contributed by atoms with Crippen molar-refractivity contribution in [2.45, 2.75) is 32.8 Å². The van der Waals surface area contributed by atoms with Crippen LogP contribution in [0, 0.1) is 17.0 Å². The minimum atomic E-state index is -2.95. The molecular formula is C11H17F2N5O3. The Morgan fingerprint density at radius 3 is 2.57 bits per heavy atom. The number of rotatable bonds is 8. The number of aryl methyl sites for hydroxylation is 1. The van der Waals surface area contributed by atoms with Crippen molar-refractivity contribution in [1.29, 1.82) is 0 Å². The van der Waals surface area contributed by atoms with Crippen LogP contribution >= 0.6 is 0 Å². The molecule has 0 aliphatic rings. The van der Waals surface area contributed by atoms with Crippen LogP contribution in [0.2, 0.25) is 0 Å². The molecule has 0 radical (unpaired) electrons. The number of aromatic nitrogens is 2. The second-order valence-electron chi connectivity index (χ2n) is 4.30. The highest BCUT2D eigenvalue weighted by Crippen LogP contribution is 2.26. The van der Waals surface area contributed by atoms with Gasteiger partial charge in [-0.25, -0.2) is 13.8 Å². The maximum Gasteiger partial charge on any atom is 0.332 e. The van der Waals surface area contributed by atoms with E-state index in [2.05, 4.69) is 20.6 Å². The van der Waals surface area contributed by atoms with Crippen molar-refractivity contribution in [3.05, 3.63) is 15.8 Å². The first-order valence-electron chi connectivity index (χ1n) is 6.33. The second-order valence-corrected chi connectivity index (χ2v) is 4.30. The van der Waals surface area contributed by atoms with E-state index in [1.165, 1.54) is 6.92 Å². The largest absolute Gasteiger partial charge is 0.385 e. The van der Waals surface area contributed by atoms with E-state index in [9.17, 15) is 18.9 Å². The fourth-order valence-corrected chi connectivity index (χ4v) is 1.52. The van der Waals surface area contributed by atoms with E-state index in [0.29, 0.717) is 6.54 Å². The van der Waals surface area contributed by atoms with Crippen molar-refractivity contribution in [3.8, 4) is 0 Å². The van der Waals surface area contributed by atoms with Crippen molar-refractivity contribution in [2.75, 3.05) is 23.7 Å². The first kappa shape index (κ1) is 17.0. The second kappa shape index (κ2) is 7.62. The molecule has 1 unspecified atom stereocenters. The number of hydrogen-bond acceptors (Lipinski definition) is 7. The van der Waals surface area contributed by atoms with Crippen molar-refractivity contribution in [2.24, 2.45) is 0 Å². The first-order valence-corrected chi connectivity index (χ1v) is 6.33. The number of hydrogen-bond donors (Lipinski definition) is 3. The minimum absolute atomic E-state index is 0.0997. The van der Waals surface area contributed by atoms with Gasteiger partial charge in [-0.3, -0.25) is 10.1 Å². The number of anilines is 2. The lowest BCUT2D eigenvalue weighted by Crippen LogP contribution is -2.27. The summed E-state index contributed by atoms with van der Waals surface area (Å²) in [6.45, 7) is 3.35. The first-order chi connectivity index (χ1) is 9.86. The Morgan fingerprint density at radius 1 is 1.38 bits per heavy atom. The summed E-state index contributed by atoms with van der Waals surface area (Å²) in [5.41, 5.74) is -0.304. The summed E-state index contributed by atoms with van der Waals surface area (Å²) in [5, 5.41) is 25.3. The van der Waals surface area contributed by atoms with Gasteiger partial charge in [-0.2, -0.15) is 4.98 Å². The SMILES string of the molecule is CCCNc1nc(C)c([N+](=O)[O-])c(NCC(O)C(F)F)n1. The molecule has 1 rings (SSSR count). The Kier molecular flexibility index (Phi) is 6.15. The van der Waals surface area contributed by atoms with Gasteiger partial charge in [0.05, 0.1) is 4.92 Å². The minimum Gasteiger partial charge on any atom is -0.385 e. The molecule has 8 nitrogen and oxygen atoms in total. The highest BCUT2D eigenvalue weighted by Gasteiger charge is 2.24. The number of nitro groups is 1. The third-order valence-electron chi connectivity index (χ3n) is 2.54. The Hall–Kier alpha value is -2.10. The molecular weight excluding hydrogens is 288 g/mol. The van der Waals surface area contributed by atoms with Crippen LogP contribution in [-0.2, 0) is 0 Å². The third kappa shape index (κ3) is 4.74. The standard InChI is InChI=1S/C11H17F2N5O3/c1-3-4-14-11-16-6(2)8(18(20)21)10(17-11)15-5-7(19)9(12)13/h7,9,19H,3-5H2,1-2H3,(H2,14,15,16,17). The van der Waals surface area contributed by atoms with E-state index in [1.807, 2.05) is 6.92 Å². The quantitative estimate of drug-likeness (QED) is 0.493. The summed E-state index contributed by atoms with van der Waals surface area (Å²) in [7, 11) is 0. The molecule has 118 valence electrons. The van der Waals surface area contributed by atoms with E-state index in [-0.39, 0.29) is 17.5 Å². The lowest BCUT2D eigenvalue weighted by molar-refractivity contribution is -0.385. The molecule has 0 saturated heterocycles. The molecule has 1 heterocycles. The molecule has 1 atom stereocenters. The Balaban J connectivity index is 3.01. The van der Waals surface area contributed by atoms with Crippen LogP contribution in [0.4, 0.5) is 26.2 Å². The fourth-order valence-electron chi connectivity index (χ4n) is 1.52. The van der Waals surface area contributed by atoms with Crippen molar-refractivity contribution < 1.29 is 18.8 Å². The van der Waals surface area contributed by atoms with Crippen molar-refractivity contribution in [1.82, 2.24) is 9.97 Å². The Bertz CT molecular complexity index is 501. The molecule has 0 bridgehead atoms. The third-order valence-corrected chi connectivity index (χ3v) is 2.54. The van der Waals surface area contributed by atoms with Crippen LogP contribution < -0.4 is 10.6 Å². The number of nitrogens with one attached hydrogen (secondary N) is 2. The van der Waals surface area contributed by atoms with Crippen molar-refractivity contribution >= 4 is 17.5 Å². The number of halogens is 2. The van der Waals surface area contributed by atoms with Gasteiger partial charge in [0.25, 0.3) is 6.43 Å². The number of nitrogens with zero attached hydrogens (tertiary/aromatic N) is 3. The van der Waals surface area contributed by atoms with Gasteiger partial charge in [-0.15, -0.1) is 0 Å². The summed E-state index contributed by atoms with van der Waals surface area (Å²) in [6.07, 6.45) is -4.09. The van der Waals surface area contributed by atoms with Crippen LogP contribution in [0.5, 0.6) is 0 Å². The molecule has 1 aromatic heterocycles. The van der Waals surface area contributed by atoms with Crippen LogP contribution in [0.15, 0.2) is 0 Å². The maximum atomic E-state index is 12.2. The van der Waals surface area contributed by atoms with E-state index in [1.54, 1.807) is 0 Å². The van der Waals surface area contributed by atoms with Crippen LogP contribution in [0.1, 0.15) is 19.0 Å². The highest BCUT2D eigenvalue weighted by atomic mass is 19.3. The smallest absolute Gasteiger partial charge is 0.332 e. The number of alkyl halides is 2. The molecule has 0 spiro atoms. The van der Waals surface area contributed by atoms with Gasteiger partial charge in [0, 0.05) is 13.1 Å². The van der Waals surface area contributed by atoms with E-state index in [4.69, 9.17) is 5.11 Å². The molecule has 1 aromatic rings. The average molecular weight is 305 g/mol. The van der Waals surface area contributed by atoms with E-state index >= 15 is 0 Å². The summed E-state index contributed by atoms with van der Waals surface area (Å²) in [5.74, 6) is -0.0419. The van der Waals surface area contributed by atoms with Gasteiger partial charge in [0.15, 0.2) is 0 Å². The summed E-state index contributed by atoms with van der Waals surface area (Å²) in [4.78, 5) is 18.1. The Morgan fingerprint density at radius 2 is 2.05 bits per heavy atom. The van der Waals surface area contributed by atoms with Gasteiger partial charge in [0.2, 0.25) is 11.8 Å². The predicted octanol–water partition coefficient (Wildman–Crippen LogP) is 1.55. The molecule has 0 aliphatic carbocycles. The van der Waals surface area contributed by atoms with Crippen LogP contribution in [0.3, 0.4) is 0 Å². The normalized spacial score (nSPS) is 12.3. The zero-order chi connectivity index (χ0) is 16.0. The molecule has 21 heavy (non-hydrogen) atoms. The van der Waals surface area contributed by atoms with Gasteiger partial charge in [-0.1, -0.05) is 6.92 Å². The molecule has 3 N–H and O–H groups in total. The topological polar surface area (TPSA) is 113 Å². The molecule has 0 fully saturated rings. The zero-order valence-electron chi connectivity index (χ0n) is 11.6. The lowest BCUT2D eigenvalue weighted by Gasteiger charge is -2.13. The van der Waals surface area contributed by atoms with Gasteiger partial charge in [0.1, 0.15) is 11.8 Å².